The molecule has 7 nitrogen and oxygen atoms in total. The number of hydrogen-bond donors (Lipinski definition) is 0. The highest BCUT2D eigenvalue weighted by atomic mass is 16.5. The van der Waals surface area contributed by atoms with Crippen LogP contribution in [0.5, 0.6) is 0 Å². The van der Waals surface area contributed by atoms with E-state index in [1.807, 2.05) is 12.1 Å². The molecule has 0 aromatic carbocycles. The van der Waals surface area contributed by atoms with Crippen molar-refractivity contribution >= 4 is 0 Å². The van der Waals surface area contributed by atoms with Gasteiger partial charge in [-0.15, -0.1) is 0 Å². The number of piperazine rings is 1. The Morgan fingerprint density at radius 3 is 3.04 bits per heavy atom. The average Bonchev–Trinajstić information content (AvgIpc) is 3.03. The maximum Gasteiger partial charge on any atom is 0.241 e. The van der Waals surface area contributed by atoms with Crippen molar-refractivity contribution < 1.29 is 9.26 Å². The Morgan fingerprint density at radius 1 is 1.39 bits per heavy atom. The Labute approximate surface area is 136 Å². The number of rotatable bonds is 6. The van der Waals surface area contributed by atoms with E-state index >= 15 is 0 Å². The Morgan fingerprint density at radius 2 is 2.30 bits per heavy atom. The first-order valence-corrected chi connectivity index (χ1v) is 7.94. The third-order valence-corrected chi connectivity index (χ3v) is 4.18. The lowest BCUT2D eigenvalue weighted by atomic mass is 10.2. The van der Waals surface area contributed by atoms with Crippen LogP contribution in [0.2, 0.25) is 0 Å². The SMILES string of the molecule is COCCN1CCN(Cc2nc(-c3cccnc3)no2)C[C@@H]1C. The lowest BCUT2D eigenvalue weighted by molar-refractivity contribution is 0.0512. The summed E-state index contributed by atoms with van der Waals surface area (Å²) >= 11 is 0. The van der Waals surface area contributed by atoms with E-state index in [9.17, 15) is 0 Å². The molecule has 1 fully saturated rings. The Kier molecular flexibility index (Phi) is 5.32. The lowest BCUT2D eigenvalue weighted by Gasteiger charge is -2.39. The fraction of sp³-hybridized carbons (Fsp3) is 0.562. The normalized spacial score (nSPS) is 20.0. The molecule has 3 heterocycles. The van der Waals surface area contributed by atoms with Crippen LogP contribution in [-0.4, -0.2) is 70.9 Å². The van der Waals surface area contributed by atoms with E-state index in [0.29, 0.717) is 24.3 Å². The van der Waals surface area contributed by atoms with Gasteiger partial charge in [-0.2, -0.15) is 4.98 Å². The minimum Gasteiger partial charge on any atom is -0.383 e. The summed E-state index contributed by atoms with van der Waals surface area (Å²) in [7, 11) is 1.75. The molecule has 23 heavy (non-hydrogen) atoms. The monoisotopic (exact) mass is 317 g/mol. The summed E-state index contributed by atoms with van der Waals surface area (Å²) in [6.45, 7) is 7.73. The second kappa shape index (κ2) is 7.63. The van der Waals surface area contributed by atoms with Gasteiger partial charge in [0, 0.05) is 57.3 Å². The van der Waals surface area contributed by atoms with Gasteiger partial charge in [-0.3, -0.25) is 14.8 Å². The molecule has 1 saturated heterocycles. The van der Waals surface area contributed by atoms with Gasteiger partial charge in [0.2, 0.25) is 11.7 Å². The predicted molar refractivity (Wildman–Crippen MR) is 85.7 cm³/mol. The molecule has 0 bridgehead atoms. The standard InChI is InChI=1S/C16H23N5O2/c1-13-11-20(6-7-21(13)8-9-22-2)12-15-18-16(19-23-15)14-4-3-5-17-10-14/h3-5,10,13H,6-9,11-12H2,1-2H3/t13-/m0/s1. The first-order chi connectivity index (χ1) is 11.3. The zero-order chi connectivity index (χ0) is 16.1. The van der Waals surface area contributed by atoms with Crippen LogP contribution in [0.4, 0.5) is 0 Å². The number of ether oxygens (including phenoxy) is 1. The van der Waals surface area contributed by atoms with Crippen LogP contribution < -0.4 is 0 Å². The van der Waals surface area contributed by atoms with Crippen LogP contribution >= 0.6 is 0 Å². The van der Waals surface area contributed by atoms with Gasteiger partial charge in [0.15, 0.2) is 0 Å². The van der Waals surface area contributed by atoms with Crippen LogP contribution in [0.15, 0.2) is 29.0 Å². The van der Waals surface area contributed by atoms with E-state index < -0.39 is 0 Å². The third kappa shape index (κ3) is 4.13. The smallest absolute Gasteiger partial charge is 0.241 e. The van der Waals surface area contributed by atoms with Crippen LogP contribution in [0.3, 0.4) is 0 Å². The summed E-state index contributed by atoms with van der Waals surface area (Å²) in [6, 6.07) is 4.30. The molecule has 7 heteroatoms. The molecule has 0 radical (unpaired) electrons. The topological polar surface area (TPSA) is 67.5 Å². The quantitative estimate of drug-likeness (QED) is 0.795. The Bertz CT molecular complexity index is 604. The maximum atomic E-state index is 5.38. The molecular weight excluding hydrogens is 294 g/mol. The zero-order valence-corrected chi connectivity index (χ0v) is 13.7. The van der Waals surface area contributed by atoms with Gasteiger partial charge in [-0.1, -0.05) is 5.16 Å². The summed E-state index contributed by atoms with van der Waals surface area (Å²) < 4.78 is 10.6. The molecule has 0 unspecified atom stereocenters. The molecule has 0 aliphatic carbocycles. The summed E-state index contributed by atoms with van der Waals surface area (Å²) in [6.07, 6.45) is 3.47. The molecular formula is C16H23N5O2. The van der Waals surface area contributed by atoms with E-state index in [4.69, 9.17) is 9.26 Å². The largest absolute Gasteiger partial charge is 0.383 e. The van der Waals surface area contributed by atoms with E-state index in [0.717, 1.165) is 38.3 Å². The van der Waals surface area contributed by atoms with Crippen molar-refractivity contribution in [3.8, 4) is 11.4 Å². The molecule has 124 valence electrons. The van der Waals surface area contributed by atoms with Gasteiger partial charge in [-0.25, -0.2) is 0 Å². The number of hydrogen-bond acceptors (Lipinski definition) is 7. The van der Waals surface area contributed by atoms with Gasteiger partial charge >= 0.3 is 0 Å². The summed E-state index contributed by atoms with van der Waals surface area (Å²) in [4.78, 5) is 13.4. The lowest BCUT2D eigenvalue weighted by Crippen LogP contribution is -2.52. The summed E-state index contributed by atoms with van der Waals surface area (Å²) in [5.74, 6) is 1.25. The summed E-state index contributed by atoms with van der Waals surface area (Å²) in [5.41, 5.74) is 0.875. The van der Waals surface area contributed by atoms with Crippen molar-refractivity contribution in [1.29, 1.82) is 0 Å². The molecule has 3 rings (SSSR count). The molecule has 0 saturated carbocycles. The molecule has 0 spiro atoms. The molecule has 0 amide bonds. The zero-order valence-electron chi connectivity index (χ0n) is 13.7. The molecule has 2 aromatic rings. The first kappa shape index (κ1) is 16.0. The van der Waals surface area contributed by atoms with Crippen molar-refractivity contribution in [1.82, 2.24) is 24.9 Å². The van der Waals surface area contributed by atoms with Crippen molar-refractivity contribution in [3.05, 3.63) is 30.4 Å². The summed E-state index contributed by atoms with van der Waals surface area (Å²) in [5, 5.41) is 4.05. The molecule has 1 aliphatic heterocycles. The molecule has 2 aromatic heterocycles. The number of methoxy groups -OCH3 is 1. The van der Waals surface area contributed by atoms with Crippen molar-refractivity contribution in [2.45, 2.75) is 19.5 Å². The van der Waals surface area contributed by atoms with Crippen molar-refractivity contribution in [2.75, 3.05) is 39.9 Å². The Balaban J connectivity index is 1.56. The Hall–Kier alpha value is -1.83. The fourth-order valence-electron chi connectivity index (χ4n) is 2.88. The van der Waals surface area contributed by atoms with E-state index in [1.165, 1.54) is 0 Å². The van der Waals surface area contributed by atoms with Gasteiger partial charge < -0.3 is 9.26 Å². The fourth-order valence-corrected chi connectivity index (χ4v) is 2.88. The highest BCUT2D eigenvalue weighted by molar-refractivity contribution is 5.51. The van der Waals surface area contributed by atoms with Gasteiger partial charge in [0.05, 0.1) is 13.2 Å². The third-order valence-electron chi connectivity index (χ3n) is 4.18. The molecule has 1 aliphatic rings. The second-order valence-electron chi connectivity index (χ2n) is 5.87. The molecule has 0 N–H and O–H groups in total. The number of pyridine rings is 1. The van der Waals surface area contributed by atoms with Gasteiger partial charge in [-0.05, 0) is 19.1 Å². The average molecular weight is 317 g/mol. The van der Waals surface area contributed by atoms with Gasteiger partial charge in [0.25, 0.3) is 0 Å². The van der Waals surface area contributed by atoms with Crippen LogP contribution in [0, 0.1) is 0 Å². The van der Waals surface area contributed by atoms with E-state index in [2.05, 4.69) is 31.8 Å². The van der Waals surface area contributed by atoms with Crippen molar-refractivity contribution in [2.24, 2.45) is 0 Å². The minimum atomic E-state index is 0.500. The highest BCUT2D eigenvalue weighted by Crippen LogP contribution is 2.16. The van der Waals surface area contributed by atoms with Crippen LogP contribution in [-0.2, 0) is 11.3 Å². The predicted octanol–water partition coefficient (Wildman–Crippen LogP) is 1.28. The number of aromatic nitrogens is 3. The van der Waals surface area contributed by atoms with Crippen LogP contribution in [0.25, 0.3) is 11.4 Å². The molecule has 1 atom stereocenters. The second-order valence-corrected chi connectivity index (χ2v) is 5.87. The number of nitrogens with zero attached hydrogens (tertiary/aromatic N) is 5. The van der Waals surface area contributed by atoms with E-state index in [1.54, 1.807) is 19.5 Å². The van der Waals surface area contributed by atoms with Gasteiger partial charge in [0.1, 0.15) is 0 Å². The van der Waals surface area contributed by atoms with Crippen molar-refractivity contribution in [3.63, 3.8) is 0 Å². The highest BCUT2D eigenvalue weighted by Gasteiger charge is 2.24. The minimum absolute atomic E-state index is 0.500. The van der Waals surface area contributed by atoms with E-state index in [-0.39, 0.29) is 0 Å². The maximum absolute atomic E-state index is 5.38. The first-order valence-electron chi connectivity index (χ1n) is 7.94. The van der Waals surface area contributed by atoms with Crippen LogP contribution in [0.1, 0.15) is 12.8 Å².